The lowest BCUT2D eigenvalue weighted by molar-refractivity contribution is -0.122. The van der Waals surface area contributed by atoms with Crippen molar-refractivity contribution in [2.75, 3.05) is 12.0 Å². The number of methoxy groups -OCH3 is 1. The van der Waals surface area contributed by atoms with E-state index in [1.807, 2.05) is 30.3 Å². The number of nitrogens with zero attached hydrogens (tertiary/aromatic N) is 1. The zero-order chi connectivity index (χ0) is 23.5. The van der Waals surface area contributed by atoms with Crippen LogP contribution in [0.5, 0.6) is 5.75 Å². The summed E-state index contributed by atoms with van der Waals surface area (Å²) in [5.41, 5.74) is 2.63. The average Bonchev–Trinajstić information content (AvgIpc) is 2.80. The van der Waals surface area contributed by atoms with E-state index in [0.29, 0.717) is 17.7 Å². The number of halogens is 2. The molecule has 1 fully saturated rings. The number of anilines is 1. The highest BCUT2D eigenvalue weighted by molar-refractivity contribution is 9.10. The standard InChI is InChI=1S/C25H18BrClN2O4/c1-33-22-13-15(10-11-17(22)14-16-6-2-3-7-19(16)26)12-18-23(30)28-25(32)29(24(18)31)21-9-5-4-8-20(21)27/h2-13H,14H2,1H3,(H,28,30,32)/b18-12+. The van der Waals surface area contributed by atoms with Crippen molar-refractivity contribution in [1.29, 1.82) is 0 Å². The number of nitrogens with one attached hydrogen (secondary N) is 1. The molecule has 0 atom stereocenters. The summed E-state index contributed by atoms with van der Waals surface area (Å²) < 4.78 is 6.54. The largest absolute Gasteiger partial charge is 0.496 e. The van der Waals surface area contributed by atoms with Crippen LogP contribution in [0.25, 0.3) is 6.08 Å². The van der Waals surface area contributed by atoms with Crippen LogP contribution in [-0.4, -0.2) is 25.0 Å². The zero-order valence-corrected chi connectivity index (χ0v) is 19.8. The normalized spacial score (nSPS) is 15.1. The number of carbonyl (C=O) groups excluding carboxylic acids is 3. The molecule has 1 heterocycles. The van der Waals surface area contributed by atoms with Gasteiger partial charge >= 0.3 is 6.03 Å². The number of ether oxygens (including phenoxy) is 1. The van der Waals surface area contributed by atoms with Crippen molar-refractivity contribution < 1.29 is 19.1 Å². The van der Waals surface area contributed by atoms with E-state index in [0.717, 1.165) is 20.5 Å². The molecule has 166 valence electrons. The molecular formula is C25H18BrClN2O4. The Balaban J connectivity index is 1.68. The van der Waals surface area contributed by atoms with Crippen LogP contribution >= 0.6 is 27.5 Å². The van der Waals surface area contributed by atoms with Gasteiger partial charge in [-0.1, -0.05) is 70.0 Å². The highest BCUT2D eigenvalue weighted by atomic mass is 79.9. The van der Waals surface area contributed by atoms with Gasteiger partial charge in [0, 0.05) is 10.9 Å². The molecule has 0 bridgehead atoms. The molecule has 0 aliphatic carbocycles. The Labute approximate surface area is 203 Å². The van der Waals surface area contributed by atoms with E-state index in [1.165, 1.54) is 12.1 Å². The maximum absolute atomic E-state index is 13.1. The third-order valence-corrected chi connectivity index (χ3v) is 6.25. The molecule has 3 aromatic carbocycles. The van der Waals surface area contributed by atoms with Crippen LogP contribution in [0.1, 0.15) is 16.7 Å². The molecule has 0 aromatic heterocycles. The van der Waals surface area contributed by atoms with E-state index in [4.69, 9.17) is 16.3 Å². The van der Waals surface area contributed by atoms with Gasteiger partial charge in [-0.2, -0.15) is 0 Å². The molecule has 0 spiro atoms. The van der Waals surface area contributed by atoms with Gasteiger partial charge in [-0.05, 0) is 47.0 Å². The number of hydrogen-bond donors (Lipinski definition) is 1. The van der Waals surface area contributed by atoms with Crippen molar-refractivity contribution in [1.82, 2.24) is 5.32 Å². The molecule has 3 aromatic rings. The van der Waals surface area contributed by atoms with E-state index < -0.39 is 17.8 Å². The maximum atomic E-state index is 13.1. The number of amides is 4. The predicted octanol–water partition coefficient (Wildman–Crippen LogP) is 5.37. The molecule has 33 heavy (non-hydrogen) atoms. The molecule has 1 aliphatic heterocycles. The van der Waals surface area contributed by atoms with Gasteiger partial charge in [-0.15, -0.1) is 0 Å². The van der Waals surface area contributed by atoms with Gasteiger partial charge in [0.05, 0.1) is 17.8 Å². The maximum Gasteiger partial charge on any atom is 0.335 e. The summed E-state index contributed by atoms with van der Waals surface area (Å²) >= 11 is 9.72. The summed E-state index contributed by atoms with van der Waals surface area (Å²) in [4.78, 5) is 38.8. The topological polar surface area (TPSA) is 75.7 Å². The predicted molar refractivity (Wildman–Crippen MR) is 130 cm³/mol. The minimum Gasteiger partial charge on any atom is -0.496 e. The quantitative estimate of drug-likeness (QED) is 0.359. The third kappa shape index (κ3) is 4.69. The SMILES string of the molecule is COc1cc(/C=C2\C(=O)NC(=O)N(c3ccccc3Cl)C2=O)ccc1Cc1ccccc1Br. The third-order valence-electron chi connectivity index (χ3n) is 5.16. The molecule has 6 nitrogen and oxygen atoms in total. The van der Waals surface area contributed by atoms with Crippen molar-refractivity contribution in [3.05, 3.63) is 98.5 Å². The second-order valence-electron chi connectivity index (χ2n) is 7.25. The van der Waals surface area contributed by atoms with E-state index in [2.05, 4.69) is 21.2 Å². The number of para-hydroxylation sites is 1. The highest BCUT2D eigenvalue weighted by Crippen LogP contribution is 2.30. The van der Waals surface area contributed by atoms with Gasteiger partial charge < -0.3 is 4.74 Å². The Morgan fingerprint density at radius 1 is 1.00 bits per heavy atom. The Morgan fingerprint density at radius 2 is 1.73 bits per heavy atom. The lowest BCUT2D eigenvalue weighted by Crippen LogP contribution is -2.54. The van der Waals surface area contributed by atoms with Crippen molar-refractivity contribution in [3.63, 3.8) is 0 Å². The molecule has 4 rings (SSSR count). The van der Waals surface area contributed by atoms with Crippen LogP contribution in [0.4, 0.5) is 10.5 Å². The van der Waals surface area contributed by atoms with E-state index >= 15 is 0 Å². The Bertz CT molecular complexity index is 1310. The first-order chi connectivity index (χ1) is 15.9. The van der Waals surface area contributed by atoms with Gasteiger partial charge in [-0.25, -0.2) is 9.69 Å². The average molecular weight is 526 g/mol. The van der Waals surface area contributed by atoms with Crippen LogP contribution < -0.4 is 15.0 Å². The van der Waals surface area contributed by atoms with E-state index in [1.54, 1.807) is 37.4 Å². The van der Waals surface area contributed by atoms with Gasteiger partial charge in [0.25, 0.3) is 11.8 Å². The summed E-state index contributed by atoms with van der Waals surface area (Å²) in [6.07, 6.45) is 2.06. The van der Waals surface area contributed by atoms with Crippen molar-refractivity contribution >= 4 is 57.1 Å². The lowest BCUT2D eigenvalue weighted by Gasteiger charge is -2.27. The lowest BCUT2D eigenvalue weighted by atomic mass is 10.0. The second-order valence-corrected chi connectivity index (χ2v) is 8.51. The summed E-state index contributed by atoms with van der Waals surface area (Å²) in [5, 5.41) is 2.41. The number of urea groups is 1. The van der Waals surface area contributed by atoms with Crippen LogP contribution in [0.3, 0.4) is 0 Å². The monoisotopic (exact) mass is 524 g/mol. The van der Waals surface area contributed by atoms with Crippen LogP contribution in [0.15, 0.2) is 76.8 Å². The second kappa shape index (κ2) is 9.60. The smallest absolute Gasteiger partial charge is 0.335 e. The minimum absolute atomic E-state index is 0.185. The van der Waals surface area contributed by atoms with Gasteiger partial charge in [-0.3, -0.25) is 14.9 Å². The van der Waals surface area contributed by atoms with Gasteiger partial charge in [0.2, 0.25) is 0 Å². The molecule has 4 amide bonds. The van der Waals surface area contributed by atoms with Gasteiger partial charge in [0.1, 0.15) is 11.3 Å². The van der Waals surface area contributed by atoms with Crippen molar-refractivity contribution in [2.24, 2.45) is 0 Å². The fourth-order valence-electron chi connectivity index (χ4n) is 3.52. The number of hydrogen-bond acceptors (Lipinski definition) is 4. The van der Waals surface area contributed by atoms with E-state index in [-0.39, 0.29) is 16.3 Å². The van der Waals surface area contributed by atoms with Crippen molar-refractivity contribution in [3.8, 4) is 5.75 Å². The Kier molecular flexibility index (Phi) is 6.62. The molecule has 0 radical (unpaired) electrons. The first-order valence-electron chi connectivity index (χ1n) is 9.95. The minimum atomic E-state index is -0.850. The number of benzene rings is 3. The molecular weight excluding hydrogens is 508 g/mol. The Hall–Kier alpha value is -3.42. The molecule has 1 aliphatic rings. The van der Waals surface area contributed by atoms with Crippen LogP contribution in [0, 0.1) is 0 Å². The molecule has 1 N–H and O–H groups in total. The molecule has 0 unspecified atom stereocenters. The molecule has 8 heteroatoms. The zero-order valence-electron chi connectivity index (χ0n) is 17.5. The number of carbonyl (C=O) groups is 3. The fourth-order valence-corrected chi connectivity index (χ4v) is 4.17. The van der Waals surface area contributed by atoms with E-state index in [9.17, 15) is 14.4 Å². The number of rotatable bonds is 5. The number of barbiturate groups is 1. The summed E-state index contributed by atoms with van der Waals surface area (Å²) in [5.74, 6) is -0.916. The van der Waals surface area contributed by atoms with Crippen LogP contribution in [0.2, 0.25) is 5.02 Å². The first-order valence-corrected chi connectivity index (χ1v) is 11.1. The highest BCUT2D eigenvalue weighted by Gasteiger charge is 2.37. The summed E-state index contributed by atoms with van der Waals surface area (Å²) in [6, 6.07) is 18.9. The fraction of sp³-hybridized carbons (Fsp3) is 0.0800. The molecule has 1 saturated heterocycles. The first kappa shape index (κ1) is 22.8. The molecule has 0 saturated carbocycles. The van der Waals surface area contributed by atoms with Crippen molar-refractivity contribution in [2.45, 2.75) is 6.42 Å². The Morgan fingerprint density at radius 3 is 2.45 bits per heavy atom. The summed E-state index contributed by atoms with van der Waals surface area (Å²) in [6.45, 7) is 0. The number of imide groups is 2. The van der Waals surface area contributed by atoms with Crippen LogP contribution in [-0.2, 0) is 16.0 Å². The summed E-state index contributed by atoms with van der Waals surface area (Å²) in [7, 11) is 1.56. The van der Waals surface area contributed by atoms with Gasteiger partial charge in [0.15, 0.2) is 0 Å².